The zero-order valence-electron chi connectivity index (χ0n) is 30.4. The number of hydrogen-bond donors (Lipinski definition) is 0. The summed E-state index contributed by atoms with van der Waals surface area (Å²) < 4.78 is 15.2. The van der Waals surface area contributed by atoms with Gasteiger partial charge in [-0.25, -0.2) is 15.0 Å². The lowest BCUT2D eigenvalue weighted by Crippen LogP contribution is -2.00. The number of furan rings is 2. The third-order valence-corrected chi connectivity index (χ3v) is 11.1. The van der Waals surface area contributed by atoms with E-state index in [2.05, 4.69) is 120 Å². The summed E-state index contributed by atoms with van der Waals surface area (Å²) in [6.45, 7) is 0. The third kappa shape index (κ3) is 4.94. The van der Waals surface area contributed by atoms with E-state index in [-0.39, 0.29) is 0 Å². The summed E-state index contributed by atoms with van der Waals surface area (Å²) >= 11 is 0. The molecule has 0 atom stereocenters. The molecule has 8 aromatic carbocycles. The fourth-order valence-corrected chi connectivity index (χ4v) is 8.50. The summed E-state index contributed by atoms with van der Waals surface area (Å²) in [4.78, 5) is 15.4. The van der Waals surface area contributed by atoms with E-state index in [4.69, 9.17) is 23.8 Å². The Bertz CT molecular complexity index is 3530. The number of benzene rings is 8. The van der Waals surface area contributed by atoms with Gasteiger partial charge in [-0.15, -0.1) is 0 Å². The topological polar surface area (TPSA) is 69.9 Å². The van der Waals surface area contributed by atoms with Crippen molar-refractivity contribution < 1.29 is 8.83 Å². The molecule has 6 nitrogen and oxygen atoms in total. The van der Waals surface area contributed by atoms with Gasteiger partial charge in [-0.1, -0.05) is 133 Å². The first-order valence-electron chi connectivity index (χ1n) is 19.0. The molecule has 0 unspecified atom stereocenters. The molecule has 0 aliphatic carbocycles. The molecule has 4 aromatic heterocycles. The molecule has 0 radical (unpaired) electrons. The van der Waals surface area contributed by atoms with Gasteiger partial charge in [0.25, 0.3) is 0 Å². The Balaban J connectivity index is 1.07. The van der Waals surface area contributed by atoms with Gasteiger partial charge in [0.05, 0.1) is 11.0 Å². The van der Waals surface area contributed by atoms with Crippen LogP contribution in [0.15, 0.2) is 191 Å². The average Bonchev–Trinajstić information content (AvgIpc) is 3.96. The van der Waals surface area contributed by atoms with Crippen LogP contribution in [0.1, 0.15) is 0 Å². The fourth-order valence-electron chi connectivity index (χ4n) is 8.50. The van der Waals surface area contributed by atoms with E-state index < -0.39 is 0 Å². The van der Waals surface area contributed by atoms with Crippen molar-refractivity contribution in [2.75, 3.05) is 0 Å². The highest BCUT2D eigenvalue weighted by molar-refractivity contribution is 6.14. The standard InChI is InChI=1S/C51H30N4O2/c1-3-13-31(14-4-1)35-19-11-23-44-47(35)39-28-26-34(30-46(39)57-44)55-41-21-9-7-17-36(41)37-27-25-33(29-42(37)55)50-52-49(32-15-5-2-6-16-32)53-51(54-50)40-20-12-24-45-48(40)38-18-8-10-22-43(38)56-45/h1-30H. The molecule has 4 heterocycles. The molecular weight excluding hydrogens is 701 g/mol. The van der Waals surface area contributed by atoms with Crippen molar-refractivity contribution in [3.05, 3.63) is 182 Å². The maximum Gasteiger partial charge on any atom is 0.164 e. The minimum atomic E-state index is 0.585. The summed E-state index contributed by atoms with van der Waals surface area (Å²) in [5, 5.41) is 6.51. The zero-order chi connectivity index (χ0) is 37.5. The smallest absolute Gasteiger partial charge is 0.164 e. The summed E-state index contributed by atoms with van der Waals surface area (Å²) in [5.41, 5.74) is 11.5. The first kappa shape index (κ1) is 31.5. The normalized spacial score (nSPS) is 11.9. The molecule has 57 heavy (non-hydrogen) atoms. The highest BCUT2D eigenvalue weighted by Crippen LogP contribution is 2.41. The summed E-state index contributed by atoms with van der Waals surface area (Å²) in [6.07, 6.45) is 0. The van der Waals surface area contributed by atoms with E-state index in [1.54, 1.807) is 0 Å². The molecule has 0 saturated heterocycles. The Morgan fingerprint density at radius 1 is 0.333 bits per heavy atom. The van der Waals surface area contributed by atoms with Gasteiger partial charge in [0.15, 0.2) is 17.5 Å². The predicted molar refractivity (Wildman–Crippen MR) is 230 cm³/mol. The molecule has 0 fully saturated rings. The summed E-state index contributed by atoms with van der Waals surface area (Å²) in [7, 11) is 0. The molecule has 0 amide bonds. The number of nitrogens with zero attached hydrogens (tertiary/aromatic N) is 4. The Hall–Kier alpha value is -7.83. The van der Waals surface area contributed by atoms with Gasteiger partial charge >= 0.3 is 0 Å². The minimum Gasteiger partial charge on any atom is -0.456 e. The predicted octanol–water partition coefficient (Wildman–Crippen LogP) is 13.4. The molecule has 0 aliphatic heterocycles. The highest BCUT2D eigenvalue weighted by Gasteiger charge is 2.20. The molecule has 0 bridgehead atoms. The maximum atomic E-state index is 6.59. The molecule has 0 aliphatic rings. The van der Waals surface area contributed by atoms with E-state index in [1.807, 2.05) is 66.7 Å². The van der Waals surface area contributed by atoms with Crippen LogP contribution in [0.25, 0.3) is 117 Å². The lowest BCUT2D eigenvalue weighted by atomic mass is 9.99. The monoisotopic (exact) mass is 730 g/mol. The molecule has 0 spiro atoms. The molecule has 6 heteroatoms. The van der Waals surface area contributed by atoms with Crippen LogP contribution >= 0.6 is 0 Å². The number of aromatic nitrogens is 4. The lowest BCUT2D eigenvalue weighted by Gasteiger charge is -2.11. The largest absolute Gasteiger partial charge is 0.456 e. The molecule has 12 rings (SSSR count). The van der Waals surface area contributed by atoms with Gasteiger partial charge in [-0.05, 0) is 53.6 Å². The number of rotatable bonds is 5. The van der Waals surface area contributed by atoms with Crippen molar-refractivity contribution in [3.8, 4) is 51.0 Å². The van der Waals surface area contributed by atoms with Crippen LogP contribution < -0.4 is 0 Å². The van der Waals surface area contributed by atoms with E-state index in [0.717, 1.165) is 99.2 Å². The number of fused-ring (bicyclic) bond motifs is 9. The van der Waals surface area contributed by atoms with Gasteiger partial charge < -0.3 is 13.4 Å². The lowest BCUT2D eigenvalue weighted by molar-refractivity contribution is 0.668. The number of para-hydroxylation sites is 2. The van der Waals surface area contributed by atoms with Gasteiger partial charge in [0.1, 0.15) is 22.3 Å². The number of hydrogen-bond acceptors (Lipinski definition) is 5. The second-order valence-electron chi connectivity index (χ2n) is 14.4. The minimum absolute atomic E-state index is 0.585. The van der Waals surface area contributed by atoms with Crippen LogP contribution in [-0.2, 0) is 0 Å². The second-order valence-corrected chi connectivity index (χ2v) is 14.4. The van der Waals surface area contributed by atoms with Crippen molar-refractivity contribution in [1.29, 1.82) is 0 Å². The van der Waals surface area contributed by atoms with Gasteiger partial charge in [-0.3, -0.25) is 0 Å². The Labute approximate surface area is 325 Å². The first-order valence-corrected chi connectivity index (χ1v) is 19.0. The van der Waals surface area contributed by atoms with Crippen LogP contribution in [0.2, 0.25) is 0 Å². The second kappa shape index (κ2) is 12.3. The SMILES string of the molecule is c1ccc(-c2nc(-c3ccc4c5ccccc5n(-c5ccc6c(c5)oc5cccc(-c7ccccc7)c56)c4c3)nc(-c3cccc4oc5ccccc5c34)n2)cc1. The molecule has 266 valence electrons. The Morgan fingerprint density at radius 3 is 1.70 bits per heavy atom. The van der Waals surface area contributed by atoms with Gasteiger partial charge in [-0.2, -0.15) is 0 Å². The van der Waals surface area contributed by atoms with E-state index >= 15 is 0 Å². The van der Waals surface area contributed by atoms with Crippen molar-refractivity contribution in [3.63, 3.8) is 0 Å². The van der Waals surface area contributed by atoms with E-state index in [0.29, 0.717) is 17.5 Å². The highest BCUT2D eigenvalue weighted by atomic mass is 16.3. The third-order valence-electron chi connectivity index (χ3n) is 11.1. The van der Waals surface area contributed by atoms with Crippen LogP contribution in [0.5, 0.6) is 0 Å². The van der Waals surface area contributed by atoms with Crippen molar-refractivity contribution in [2.45, 2.75) is 0 Å². The zero-order valence-corrected chi connectivity index (χ0v) is 30.4. The van der Waals surface area contributed by atoms with Gasteiger partial charge in [0.2, 0.25) is 0 Å². The quantitative estimate of drug-likeness (QED) is 0.176. The summed E-state index contributed by atoms with van der Waals surface area (Å²) in [5.74, 6) is 1.77. The van der Waals surface area contributed by atoms with E-state index in [1.165, 1.54) is 0 Å². The Morgan fingerprint density at radius 2 is 0.895 bits per heavy atom. The average molecular weight is 731 g/mol. The van der Waals surface area contributed by atoms with Crippen molar-refractivity contribution in [1.82, 2.24) is 19.5 Å². The van der Waals surface area contributed by atoms with Crippen molar-refractivity contribution in [2.24, 2.45) is 0 Å². The van der Waals surface area contributed by atoms with Gasteiger partial charge in [0, 0.05) is 60.8 Å². The summed E-state index contributed by atoms with van der Waals surface area (Å²) in [6, 6.07) is 62.6. The fraction of sp³-hybridized carbons (Fsp3) is 0. The first-order chi connectivity index (χ1) is 28.2. The molecule has 0 saturated carbocycles. The van der Waals surface area contributed by atoms with Crippen LogP contribution in [0.4, 0.5) is 0 Å². The van der Waals surface area contributed by atoms with Crippen LogP contribution in [-0.4, -0.2) is 19.5 Å². The van der Waals surface area contributed by atoms with Crippen molar-refractivity contribution >= 4 is 65.7 Å². The molecular formula is C51H30N4O2. The Kier molecular flexibility index (Phi) is 6.83. The maximum absolute atomic E-state index is 6.59. The molecule has 0 N–H and O–H groups in total. The van der Waals surface area contributed by atoms with Crippen LogP contribution in [0, 0.1) is 0 Å². The molecule has 12 aromatic rings. The van der Waals surface area contributed by atoms with Crippen LogP contribution in [0.3, 0.4) is 0 Å². The van der Waals surface area contributed by atoms with E-state index in [9.17, 15) is 0 Å².